The summed E-state index contributed by atoms with van der Waals surface area (Å²) in [5.41, 5.74) is 2.39. The van der Waals surface area contributed by atoms with Crippen molar-refractivity contribution in [2.45, 2.75) is 51.0 Å². The zero-order chi connectivity index (χ0) is 30.2. The third-order valence-electron chi connectivity index (χ3n) is 7.88. The Labute approximate surface area is 254 Å². The first-order valence-corrected chi connectivity index (χ1v) is 14.6. The molecule has 0 radical (unpaired) electrons. The highest BCUT2D eigenvalue weighted by atomic mass is 35.5. The maximum absolute atomic E-state index is 14.6. The maximum Gasteiger partial charge on any atom is 0.439 e. The van der Waals surface area contributed by atoms with Crippen LogP contribution in [-0.4, -0.2) is 71.4 Å². The standard InChI is InChI=1S/C29H27ClF2N8O4/c30-17-2-1-16(20(31)10-17)9-25-34-12-21(32)28(36-25)43-18-3-6-39(7-4-18)15-26-35-22-11-23(27-37-29(41)44-38-27)33-13-24(22)40(26)14-19-5-8-42-19/h1-2,10-13,18-19H,3-9,14-15H2,(H,37,38,41)/t19-/m0/s1. The molecule has 0 bridgehead atoms. The lowest BCUT2D eigenvalue weighted by Crippen LogP contribution is -2.39. The zero-order valence-electron chi connectivity index (χ0n) is 23.4. The highest BCUT2D eigenvalue weighted by molar-refractivity contribution is 6.30. The van der Waals surface area contributed by atoms with E-state index < -0.39 is 17.4 Å². The first-order chi connectivity index (χ1) is 21.4. The monoisotopic (exact) mass is 624 g/mol. The second-order valence-corrected chi connectivity index (χ2v) is 11.3. The number of benzene rings is 1. The molecule has 44 heavy (non-hydrogen) atoms. The van der Waals surface area contributed by atoms with Crippen LogP contribution < -0.4 is 10.5 Å². The highest BCUT2D eigenvalue weighted by Gasteiger charge is 2.27. The number of likely N-dealkylation sites (tertiary alicyclic amines) is 1. The molecule has 5 aromatic rings. The molecule has 2 aliphatic rings. The average molecular weight is 625 g/mol. The van der Waals surface area contributed by atoms with E-state index in [1.54, 1.807) is 24.4 Å². The van der Waals surface area contributed by atoms with Crippen molar-refractivity contribution >= 4 is 22.6 Å². The van der Waals surface area contributed by atoms with Crippen molar-refractivity contribution in [3.63, 3.8) is 0 Å². The Balaban J connectivity index is 1.03. The van der Waals surface area contributed by atoms with Crippen LogP contribution in [0.15, 0.2) is 46.0 Å². The minimum Gasteiger partial charge on any atom is -0.472 e. The average Bonchev–Trinajstić information content (AvgIpc) is 3.57. The number of pyridine rings is 1. The number of fused-ring (bicyclic) bond motifs is 1. The summed E-state index contributed by atoms with van der Waals surface area (Å²) in [5.74, 6) is -0.577. The molecular weight excluding hydrogens is 598 g/mol. The SMILES string of the molecule is O=c1[nH]c(-c2cc3nc(CN4CCC(Oc5nc(Cc6ccc(Cl)cc6F)ncc5F)CC4)n(C[C@@H]4CCO4)c3cn2)no1. The van der Waals surface area contributed by atoms with E-state index in [-0.39, 0.29) is 36.2 Å². The lowest BCUT2D eigenvalue weighted by Gasteiger charge is -2.32. The number of nitrogens with one attached hydrogen (secondary N) is 1. The second-order valence-electron chi connectivity index (χ2n) is 10.9. The van der Waals surface area contributed by atoms with Gasteiger partial charge in [0.05, 0.1) is 42.6 Å². The summed E-state index contributed by atoms with van der Waals surface area (Å²) in [6, 6.07) is 6.14. The van der Waals surface area contributed by atoms with Crippen LogP contribution in [0.4, 0.5) is 8.78 Å². The molecule has 0 amide bonds. The van der Waals surface area contributed by atoms with Gasteiger partial charge in [-0.05, 0) is 43.0 Å². The fourth-order valence-electron chi connectivity index (χ4n) is 5.43. The van der Waals surface area contributed by atoms with Crippen LogP contribution in [0.1, 0.15) is 36.5 Å². The molecule has 12 nitrogen and oxygen atoms in total. The summed E-state index contributed by atoms with van der Waals surface area (Å²) in [5, 5.41) is 4.02. The van der Waals surface area contributed by atoms with Crippen molar-refractivity contribution in [2.24, 2.45) is 0 Å². The van der Waals surface area contributed by atoms with E-state index in [4.69, 9.17) is 26.1 Å². The molecule has 2 saturated heterocycles. The third kappa shape index (κ3) is 6.05. The number of piperidine rings is 1. The zero-order valence-corrected chi connectivity index (χ0v) is 24.1. The molecule has 1 N–H and O–H groups in total. The number of rotatable bonds is 9. The van der Waals surface area contributed by atoms with Gasteiger partial charge >= 0.3 is 5.76 Å². The first-order valence-electron chi connectivity index (χ1n) is 14.3. The summed E-state index contributed by atoms with van der Waals surface area (Å²) in [6.07, 6.45) is 5.01. The van der Waals surface area contributed by atoms with Gasteiger partial charge in [-0.15, -0.1) is 0 Å². The lowest BCUT2D eigenvalue weighted by atomic mass is 10.1. The molecule has 0 unspecified atom stereocenters. The van der Waals surface area contributed by atoms with Crippen molar-refractivity contribution in [3.8, 4) is 17.4 Å². The predicted molar refractivity (Wildman–Crippen MR) is 153 cm³/mol. The van der Waals surface area contributed by atoms with Gasteiger partial charge in [0, 0.05) is 31.1 Å². The molecule has 228 valence electrons. The predicted octanol–water partition coefficient (Wildman–Crippen LogP) is 3.92. The topological polar surface area (TPSA) is 137 Å². The van der Waals surface area contributed by atoms with E-state index in [1.807, 2.05) is 0 Å². The third-order valence-corrected chi connectivity index (χ3v) is 8.11. The summed E-state index contributed by atoms with van der Waals surface area (Å²) in [6.45, 7) is 3.39. The number of imidazole rings is 1. The van der Waals surface area contributed by atoms with Crippen LogP contribution in [0.25, 0.3) is 22.6 Å². The molecule has 4 aromatic heterocycles. The van der Waals surface area contributed by atoms with Gasteiger partial charge in [0.15, 0.2) is 0 Å². The highest BCUT2D eigenvalue weighted by Crippen LogP contribution is 2.26. The molecule has 6 heterocycles. The Morgan fingerprint density at radius 3 is 2.64 bits per heavy atom. The van der Waals surface area contributed by atoms with Crippen molar-refractivity contribution in [1.82, 2.24) is 39.5 Å². The fraction of sp³-hybridized carbons (Fsp3) is 0.379. The lowest BCUT2D eigenvalue weighted by molar-refractivity contribution is -0.0592. The molecule has 2 fully saturated rings. The Bertz CT molecular complexity index is 1870. The fourth-order valence-corrected chi connectivity index (χ4v) is 5.59. The minimum absolute atomic E-state index is 0.0819. The van der Waals surface area contributed by atoms with Gasteiger partial charge in [-0.1, -0.05) is 22.8 Å². The Kier molecular flexibility index (Phi) is 7.78. The number of hydrogen-bond acceptors (Lipinski definition) is 10. The van der Waals surface area contributed by atoms with Crippen LogP contribution in [0.2, 0.25) is 5.02 Å². The number of aromatic nitrogens is 7. The second kappa shape index (κ2) is 12.0. The van der Waals surface area contributed by atoms with Gasteiger partial charge in [0.2, 0.25) is 11.6 Å². The van der Waals surface area contributed by atoms with E-state index in [1.165, 1.54) is 6.07 Å². The van der Waals surface area contributed by atoms with Gasteiger partial charge in [-0.25, -0.2) is 19.2 Å². The van der Waals surface area contributed by atoms with Crippen LogP contribution in [0, 0.1) is 11.6 Å². The smallest absolute Gasteiger partial charge is 0.439 e. The van der Waals surface area contributed by atoms with Crippen LogP contribution in [0.3, 0.4) is 0 Å². The van der Waals surface area contributed by atoms with E-state index in [0.29, 0.717) is 55.3 Å². The van der Waals surface area contributed by atoms with E-state index in [2.05, 4.69) is 39.1 Å². The Morgan fingerprint density at radius 1 is 1.07 bits per heavy atom. The molecule has 0 saturated carbocycles. The quantitative estimate of drug-likeness (QED) is 0.257. The van der Waals surface area contributed by atoms with Crippen LogP contribution in [-0.2, 0) is 24.2 Å². The van der Waals surface area contributed by atoms with Gasteiger partial charge < -0.3 is 14.0 Å². The number of H-pyrrole nitrogens is 1. The minimum atomic E-state index is -0.664. The van der Waals surface area contributed by atoms with E-state index >= 15 is 0 Å². The van der Waals surface area contributed by atoms with Crippen LogP contribution in [0.5, 0.6) is 5.88 Å². The number of aromatic amines is 1. The molecule has 2 aliphatic heterocycles. The number of halogens is 3. The molecule has 1 aromatic carbocycles. The molecule has 1 atom stereocenters. The van der Waals surface area contributed by atoms with Gasteiger partial charge in [0.1, 0.15) is 29.3 Å². The largest absolute Gasteiger partial charge is 0.472 e. The number of ether oxygens (including phenoxy) is 2. The molecular formula is C29H27ClF2N8O4. The first kappa shape index (κ1) is 28.5. The molecule has 0 aliphatic carbocycles. The Morgan fingerprint density at radius 2 is 1.91 bits per heavy atom. The normalized spacial score (nSPS) is 17.7. The van der Waals surface area contributed by atoms with Crippen molar-refractivity contribution in [2.75, 3.05) is 19.7 Å². The van der Waals surface area contributed by atoms with Crippen LogP contribution >= 0.6 is 11.6 Å². The van der Waals surface area contributed by atoms with Crippen molar-refractivity contribution in [3.05, 3.63) is 81.1 Å². The molecule has 7 rings (SSSR count). The Hall–Kier alpha value is -4.27. The number of hydrogen-bond donors (Lipinski definition) is 1. The summed E-state index contributed by atoms with van der Waals surface area (Å²) >= 11 is 5.84. The van der Waals surface area contributed by atoms with Crippen molar-refractivity contribution in [1.29, 1.82) is 0 Å². The van der Waals surface area contributed by atoms with Gasteiger partial charge in [0.25, 0.3) is 5.88 Å². The molecule has 0 spiro atoms. The summed E-state index contributed by atoms with van der Waals surface area (Å²) < 4.78 is 47.2. The van der Waals surface area contributed by atoms with Crippen molar-refractivity contribution < 1.29 is 22.8 Å². The summed E-state index contributed by atoms with van der Waals surface area (Å²) in [7, 11) is 0. The van der Waals surface area contributed by atoms with E-state index in [9.17, 15) is 13.6 Å². The summed E-state index contributed by atoms with van der Waals surface area (Å²) in [4.78, 5) is 33.8. The van der Waals surface area contributed by atoms with E-state index in [0.717, 1.165) is 36.1 Å². The number of nitrogens with zero attached hydrogens (tertiary/aromatic N) is 7. The van der Waals surface area contributed by atoms with Gasteiger partial charge in [-0.2, -0.15) is 9.37 Å². The van der Waals surface area contributed by atoms with Gasteiger partial charge in [-0.3, -0.25) is 19.4 Å². The maximum atomic E-state index is 14.6. The molecule has 15 heteroatoms.